The van der Waals surface area contributed by atoms with Crippen LogP contribution < -0.4 is 5.32 Å². The molecule has 10 heteroatoms. The van der Waals surface area contributed by atoms with Gasteiger partial charge in [-0.15, -0.1) is 0 Å². The van der Waals surface area contributed by atoms with E-state index >= 15 is 0 Å². The molecule has 0 radical (unpaired) electrons. The SMILES string of the molecule is Cc1ccc2c(C(=O)N3CCC(N4CCCC5(CCN(C(C)C)C5=O)C4)CC3)c(NC(=O)O)sc2n1. The fourth-order valence-electron chi connectivity index (χ4n) is 6.26. The normalized spacial score (nSPS) is 23.8. The molecular formula is C26H35N5O4S. The summed E-state index contributed by atoms with van der Waals surface area (Å²) < 4.78 is 0. The van der Waals surface area contributed by atoms with E-state index in [2.05, 4.69) is 29.0 Å². The first kappa shape index (κ1) is 25.0. The van der Waals surface area contributed by atoms with Crippen LogP contribution in [-0.2, 0) is 4.79 Å². The van der Waals surface area contributed by atoms with Crippen LogP contribution in [-0.4, -0.2) is 87.5 Å². The van der Waals surface area contributed by atoms with Crippen LogP contribution in [0, 0.1) is 12.3 Å². The number of aromatic nitrogens is 1. The maximum Gasteiger partial charge on any atom is 0.409 e. The third-order valence-electron chi connectivity index (χ3n) is 8.17. The average Bonchev–Trinajstić information content (AvgIpc) is 3.35. The molecule has 9 nitrogen and oxygen atoms in total. The molecule has 5 heterocycles. The average molecular weight is 514 g/mol. The number of hydrogen-bond acceptors (Lipinski definition) is 6. The Morgan fingerprint density at radius 3 is 2.58 bits per heavy atom. The Morgan fingerprint density at radius 1 is 1.17 bits per heavy atom. The number of carboxylic acid groups (broad SMARTS) is 1. The van der Waals surface area contributed by atoms with E-state index in [0.29, 0.717) is 45.8 Å². The number of carbonyl (C=O) groups is 3. The van der Waals surface area contributed by atoms with Crippen molar-refractivity contribution in [3.8, 4) is 0 Å². The molecular weight excluding hydrogens is 478 g/mol. The van der Waals surface area contributed by atoms with Crippen LogP contribution >= 0.6 is 11.3 Å². The molecule has 3 saturated heterocycles. The first-order valence-electron chi connectivity index (χ1n) is 12.9. The summed E-state index contributed by atoms with van der Waals surface area (Å²) in [6.45, 7) is 9.96. The van der Waals surface area contributed by atoms with Crippen molar-refractivity contribution in [2.75, 3.05) is 38.0 Å². The number of nitrogens with zero attached hydrogens (tertiary/aromatic N) is 4. The number of thiophene rings is 1. The number of amides is 3. The van der Waals surface area contributed by atoms with Gasteiger partial charge in [-0.2, -0.15) is 0 Å². The van der Waals surface area contributed by atoms with Crippen molar-refractivity contribution >= 4 is 44.5 Å². The van der Waals surface area contributed by atoms with Gasteiger partial charge in [0.2, 0.25) is 5.91 Å². The molecule has 2 aromatic rings. The van der Waals surface area contributed by atoms with Gasteiger partial charge in [0, 0.05) is 49.3 Å². The van der Waals surface area contributed by atoms with Crippen molar-refractivity contribution in [2.24, 2.45) is 5.41 Å². The molecule has 194 valence electrons. The third-order valence-corrected chi connectivity index (χ3v) is 9.19. The fraction of sp³-hybridized carbons (Fsp3) is 0.615. The van der Waals surface area contributed by atoms with E-state index in [1.165, 1.54) is 11.3 Å². The van der Waals surface area contributed by atoms with E-state index < -0.39 is 6.09 Å². The van der Waals surface area contributed by atoms with E-state index in [0.717, 1.165) is 57.4 Å². The van der Waals surface area contributed by atoms with Gasteiger partial charge in [0.05, 0.1) is 11.0 Å². The number of pyridine rings is 1. The lowest BCUT2D eigenvalue weighted by Gasteiger charge is -2.45. The molecule has 0 aromatic carbocycles. The highest BCUT2D eigenvalue weighted by molar-refractivity contribution is 7.23. The molecule has 2 N–H and O–H groups in total. The molecule has 5 rings (SSSR count). The summed E-state index contributed by atoms with van der Waals surface area (Å²) in [5.74, 6) is 0.171. The summed E-state index contributed by atoms with van der Waals surface area (Å²) in [5.41, 5.74) is 0.973. The van der Waals surface area contributed by atoms with E-state index in [-0.39, 0.29) is 17.4 Å². The Hall–Kier alpha value is -2.72. The number of piperidine rings is 2. The number of anilines is 1. The number of aryl methyl sites for hydroxylation is 1. The molecule has 3 amide bonds. The van der Waals surface area contributed by atoms with Crippen molar-refractivity contribution < 1.29 is 19.5 Å². The van der Waals surface area contributed by atoms with Crippen LogP contribution in [0.3, 0.4) is 0 Å². The number of likely N-dealkylation sites (tertiary alicyclic amines) is 3. The zero-order valence-corrected chi connectivity index (χ0v) is 22.1. The third kappa shape index (κ3) is 4.45. The molecule has 1 spiro atoms. The maximum atomic E-state index is 13.6. The zero-order valence-electron chi connectivity index (χ0n) is 21.2. The minimum Gasteiger partial charge on any atom is -0.465 e. The zero-order chi connectivity index (χ0) is 25.6. The lowest BCUT2D eigenvalue weighted by Crippen LogP contribution is -2.54. The Labute approximate surface area is 215 Å². The van der Waals surface area contributed by atoms with Crippen molar-refractivity contribution in [3.05, 3.63) is 23.4 Å². The van der Waals surface area contributed by atoms with Crippen LogP contribution in [0.2, 0.25) is 0 Å². The first-order chi connectivity index (χ1) is 17.2. The lowest BCUT2D eigenvalue weighted by atomic mass is 9.77. The van der Waals surface area contributed by atoms with Gasteiger partial charge >= 0.3 is 6.09 Å². The van der Waals surface area contributed by atoms with E-state index in [9.17, 15) is 19.5 Å². The standard InChI is InChI=1S/C26H35N5O4S/c1-16(2)31-14-10-26(24(31)33)9-4-11-30(15-26)18-7-12-29(13-8-18)23(32)20-19-6-5-17(3)27-21(19)36-22(20)28-25(34)35/h5-6,16,18,28H,4,7-15H2,1-3H3,(H,34,35). The number of fused-ring (bicyclic) bond motifs is 1. The van der Waals surface area contributed by atoms with Crippen LogP contribution in [0.15, 0.2) is 12.1 Å². The summed E-state index contributed by atoms with van der Waals surface area (Å²) in [5, 5.41) is 12.7. The number of hydrogen-bond donors (Lipinski definition) is 2. The molecule has 0 aliphatic carbocycles. The Balaban J connectivity index is 1.28. The minimum atomic E-state index is -1.19. The van der Waals surface area contributed by atoms with E-state index in [4.69, 9.17) is 0 Å². The molecule has 1 atom stereocenters. The van der Waals surface area contributed by atoms with Crippen LogP contribution in [0.4, 0.5) is 9.80 Å². The quantitative estimate of drug-likeness (QED) is 0.640. The minimum absolute atomic E-state index is 0.150. The molecule has 2 aromatic heterocycles. The molecule has 3 aliphatic rings. The molecule has 0 bridgehead atoms. The van der Waals surface area contributed by atoms with E-state index in [1.807, 2.05) is 28.9 Å². The molecule has 36 heavy (non-hydrogen) atoms. The Morgan fingerprint density at radius 2 is 1.92 bits per heavy atom. The van der Waals surface area contributed by atoms with Crippen LogP contribution in [0.5, 0.6) is 0 Å². The summed E-state index contributed by atoms with van der Waals surface area (Å²) >= 11 is 1.20. The van der Waals surface area contributed by atoms with Crippen molar-refractivity contribution in [1.29, 1.82) is 0 Å². The first-order valence-corrected chi connectivity index (χ1v) is 13.7. The second kappa shape index (κ2) is 9.63. The predicted molar refractivity (Wildman–Crippen MR) is 140 cm³/mol. The highest BCUT2D eigenvalue weighted by Crippen LogP contribution is 2.42. The molecule has 1 unspecified atom stereocenters. The molecule has 3 aliphatic heterocycles. The van der Waals surface area contributed by atoms with Gasteiger partial charge in [-0.25, -0.2) is 9.78 Å². The summed E-state index contributed by atoms with van der Waals surface area (Å²) in [6.07, 6.45) is 3.46. The second-order valence-corrected chi connectivity index (χ2v) is 11.8. The summed E-state index contributed by atoms with van der Waals surface area (Å²) in [4.78, 5) is 49.8. The maximum absolute atomic E-state index is 13.6. The van der Waals surface area contributed by atoms with Gasteiger partial charge in [0.1, 0.15) is 9.83 Å². The van der Waals surface area contributed by atoms with Gasteiger partial charge in [0.15, 0.2) is 0 Å². The van der Waals surface area contributed by atoms with Gasteiger partial charge < -0.3 is 14.9 Å². The Bertz CT molecular complexity index is 1190. The van der Waals surface area contributed by atoms with E-state index in [1.54, 1.807) is 0 Å². The van der Waals surface area contributed by atoms with Crippen LogP contribution in [0.1, 0.15) is 62.0 Å². The smallest absolute Gasteiger partial charge is 0.409 e. The topological polar surface area (TPSA) is 106 Å². The van der Waals surface area contributed by atoms with Crippen molar-refractivity contribution in [3.63, 3.8) is 0 Å². The number of nitrogens with one attached hydrogen (secondary N) is 1. The molecule has 0 saturated carbocycles. The van der Waals surface area contributed by atoms with Gasteiger partial charge in [0.25, 0.3) is 5.91 Å². The lowest BCUT2D eigenvalue weighted by molar-refractivity contribution is -0.140. The largest absolute Gasteiger partial charge is 0.465 e. The summed E-state index contributed by atoms with van der Waals surface area (Å²) in [7, 11) is 0. The van der Waals surface area contributed by atoms with Gasteiger partial charge in [-0.05, 0) is 71.6 Å². The van der Waals surface area contributed by atoms with Crippen molar-refractivity contribution in [1.82, 2.24) is 19.7 Å². The highest BCUT2D eigenvalue weighted by Gasteiger charge is 2.50. The monoisotopic (exact) mass is 513 g/mol. The fourth-order valence-corrected chi connectivity index (χ4v) is 7.36. The highest BCUT2D eigenvalue weighted by atomic mass is 32.1. The van der Waals surface area contributed by atoms with Gasteiger partial charge in [-0.3, -0.25) is 19.8 Å². The van der Waals surface area contributed by atoms with Gasteiger partial charge in [-0.1, -0.05) is 11.3 Å². The van der Waals surface area contributed by atoms with Crippen molar-refractivity contribution in [2.45, 2.75) is 65.0 Å². The number of carbonyl (C=O) groups excluding carboxylic acids is 2. The molecule has 3 fully saturated rings. The van der Waals surface area contributed by atoms with Crippen LogP contribution in [0.25, 0.3) is 10.2 Å². The Kier molecular flexibility index (Phi) is 6.67. The summed E-state index contributed by atoms with van der Waals surface area (Å²) in [6, 6.07) is 4.30. The number of rotatable bonds is 4. The second-order valence-electron chi connectivity index (χ2n) is 10.8. The predicted octanol–water partition coefficient (Wildman–Crippen LogP) is 4.02.